The lowest BCUT2D eigenvalue weighted by Crippen LogP contribution is -2.15. The highest BCUT2D eigenvalue weighted by Gasteiger charge is 2.19. The lowest BCUT2D eigenvalue weighted by atomic mass is 10.0. The second kappa shape index (κ2) is 10.1. The third kappa shape index (κ3) is 4.85. The zero-order valence-corrected chi connectivity index (χ0v) is 19.2. The SMILES string of the molecule is CCc1cc(CNc2n[nH]c(Nc3ccc(-c4cccnc4)cc3)c2C(N)=O)cc(CC)c1O. The summed E-state index contributed by atoms with van der Waals surface area (Å²) < 4.78 is 0. The van der Waals surface area contributed by atoms with Crippen LogP contribution in [0.25, 0.3) is 11.1 Å². The van der Waals surface area contributed by atoms with Crippen LogP contribution in [-0.4, -0.2) is 26.2 Å². The monoisotopic (exact) mass is 456 g/mol. The summed E-state index contributed by atoms with van der Waals surface area (Å²) in [6, 6.07) is 15.6. The van der Waals surface area contributed by atoms with Crippen LogP contribution in [0.4, 0.5) is 17.3 Å². The first-order valence-electron chi connectivity index (χ1n) is 11.2. The topological polar surface area (TPSA) is 129 Å². The van der Waals surface area contributed by atoms with Crippen molar-refractivity contribution in [2.24, 2.45) is 5.73 Å². The molecule has 0 saturated heterocycles. The van der Waals surface area contributed by atoms with Crippen molar-refractivity contribution in [2.45, 2.75) is 33.2 Å². The summed E-state index contributed by atoms with van der Waals surface area (Å²) in [4.78, 5) is 16.4. The first-order valence-corrected chi connectivity index (χ1v) is 11.2. The summed E-state index contributed by atoms with van der Waals surface area (Å²) in [6.07, 6.45) is 5.01. The number of H-pyrrole nitrogens is 1. The molecule has 4 aromatic rings. The molecule has 0 aliphatic carbocycles. The van der Waals surface area contributed by atoms with Crippen molar-refractivity contribution < 1.29 is 9.90 Å². The number of aromatic hydroxyl groups is 1. The maximum atomic E-state index is 12.2. The molecular weight excluding hydrogens is 428 g/mol. The molecule has 0 fully saturated rings. The molecule has 1 amide bonds. The van der Waals surface area contributed by atoms with E-state index >= 15 is 0 Å². The molecule has 0 unspecified atom stereocenters. The summed E-state index contributed by atoms with van der Waals surface area (Å²) in [5.41, 5.74) is 11.5. The van der Waals surface area contributed by atoms with E-state index in [9.17, 15) is 9.90 Å². The Kier molecular flexibility index (Phi) is 6.77. The number of hydrogen-bond acceptors (Lipinski definition) is 6. The molecule has 2 aromatic heterocycles. The highest BCUT2D eigenvalue weighted by atomic mass is 16.3. The van der Waals surface area contributed by atoms with E-state index in [1.165, 1.54) is 0 Å². The first-order chi connectivity index (χ1) is 16.5. The van der Waals surface area contributed by atoms with Gasteiger partial charge in [-0.2, -0.15) is 5.10 Å². The third-order valence-electron chi connectivity index (χ3n) is 5.71. The largest absolute Gasteiger partial charge is 0.507 e. The summed E-state index contributed by atoms with van der Waals surface area (Å²) in [5.74, 6) is 0.539. The minimum absolute atomic E-state index is 0.251. The Hall–Kier alpha value is -4.33. The zero-order chi connectivity index (χ0) is 24.1. The number of phenolic OH excluding ortho intramolecular Hbond substituents is 1. The number of hydrogen-bond donors (Lipinski definition) is 5. The Labute approximate surface area is 198 Å². The third-order valence-corrected chi connectivity index (χ3v) is 5.71. The van der Waals surface area contributed by atoms with Gasteiger partial charge in [-0.25, -0.2) is 0 Å². The number of nitrogens with one attached hydrogen (secondary N) is 3. The van der Waals surface area contributed by atoms with Gasteiger partial charge < -0.3 is 21.5 Å². The number of pyridine rings is 1. The summed E-state index contributed by atoms with van der Waals surface area (Å²) in [5, 5.41) is 23.8. The van der Waals surface area contributed by atoms with E-state index in [1.807, 2.05) is 68.6 Å². The van der Waals surface area contributed by atoms with Crippen LogP contribution in [0.5, 0.6) is 5.75 Å². The van der Waals surface area contributed by atoms with Gasteiger partial charge in [0, 0.05) is 24.6 Å². The van der Waals surface area contributed by atoms with Crippen molar-refractivity contribution in [3.8, 4) is 16.9 Å². The van der Waals surface area contributed by atoms with Gasteiger partial charge >= 0.3 is 0 Å². The van der Waals surface area contributed by atoms with Gasteiger partial charge in [0.05, 0.1) is 0 Å². The standard InChI is InChI=1S/C26H28N6O2/c1-3-17-12-16(13-18(4-2)23(17)33)14-29-25-22(24(27)34)26(32-31-25)30-21-9-7-19(8-10-21)20-6-5-11-28-15-20/h5-13,15,33H,3-4,14H2,1-2H3,(H2,27,34)(H3,29,30,31,32). The van der Waals surface area contributed by atoms with Gasteiger partial charge in [0.15, 0.2) is 5.82 Å². The second-order valence-corrected chi connectivity index (χ2v) is 7.95. The van der Waals surface area contributed by atoms with Crippen LogP contribution in [-0.2, 0) is 19.4 Å². The highest BCUT2D eigenvalue weighted by molar-refractivity contribution is 6.03. The number of amides is 1. The molecule has 0 atom stereocenters. The number of phenols is 1. The Morgan fingerprint density at radius 3 is 2.35 bits per heavy atom. The lowest BCUT2D eigenvalue weighted by Gasteiger charge is -2.12. The normalized spacial score (nSPS) is 10.8. The summed E-state index contributed by atoms with van der Waals surface area (Å²) >= 11 is 0. The van der Waals surface area contributed by atoms with Crippen molar-refractivity contribution in [1.29, 1.82) is 0 Å². The average molecular weight is 457 g/mol. The van der Waals surface area contributed by atoms with Crippen molar-refractivity contribution in [3.05, 3.63) is 83.2 Å². The maximum absolute atomic E-state index is 12.2. The van der Waals surface area contributed by atoms with E-state index < -0.39 is 5.91 Å². The predicted molar refractivity (Wildman–Crippen MR) is 134 cm³/mol. The lowest BCUT2D eigenvalue weighted by molar-refractivity contribution is 0.100. The Morgan fingerprint density at radius 1 is 1.06 bits per heavy atom. The number of benzene rings is 2. The second-order valence-electron chi connectivity index (χ2n) is 7.95. The van der Waals surface area contributed by atoms with E-state index in [4.69, 9.17) is 5.73 Å². The van der Waals surface area contributed by atoms with Gasteiger partial charge in [-0.15, -0.1) is 0 Å². The van der Waals surface area contributed by atoms with Crippen molar-refractivity contribution in [2.75, 3.05) is 10.6 Å². The molecule has 4 rings (SSSR count). The minimum atomic E-state index is -0.597. The number of primary amides is 1. The number of carbonyl (C=O) groups excluding carboxylic acids is 1. The molecule has 0 spiro atoms. The molecule has 6 N–H and O–H groups in total. The van der Waals surface area contributed by atoms with Crippen LogP contribution in [0, 0.1) is 0 Å². The number of rotatable bonds is 9. The van der Waals surface area contributed by atoms with Crippen LogP contribution in [0.3, 0.4) is 0 Å². The Balaban J connectivity index is 1.52. The van der Waals surface area contributed by atoms with Crippen LogP contribution in [0.2, 0.25) is 0 Å². The molecule has 0 aliphatic heterocycles. The molecular formula is C26H28N6O2. The molecule has 2 aromatic carbocycles. The number of aromatic amines is 1. The van der Waals surface area contributed by atoms with Gasteiger partial charge in [0.2, 0.25) is 0 Å². The van der Waals surface area contributed by atoms with Crippen molar-refractivity contribution in [3.63, 3.8) is 0 Å². The molecule has 0 bridgehead atoms. The van der Waals surface area contributed by atoms with Crippen LogP contribution in [0.1, 0.15) is 40.9 Å². The van der Waals surface area contributed by atoms with E-state index in [0.717, 1.165) is 46.3 Å². The molecule has 8 nitrogen and oxygen atoms in total. The smallest absolute Gasteiger partial charge is 0.256 e. The maximum Gasteiger partial charge on any atom is 0.256 e. The van der Waals surface area contributed by atoms with Crippen molar-refractivity contribution >= 4 is 23.2 Å². The molecule has 174 valence electrons. The van der Waals surface area contributed by atoms with Gasteiger partial charge in [-0.3, -0.25) is 14.9 Å². The molecule has 0 radical (unpaired) electrons. The van der Waals surface area contributed by atoms with Crippen LogP contribution in [0.15, 0.2) is 60.9 Å². The van der Waals surface area contributed by atoms with E-state index in [0.29, 0.717) is 23.9 Å². The average Bonchev–Trinajstić information content (AvgIpc) is 3.27. The first kappa shape index (κ1) is 22.8. The number of carbonyl (C=O) groups is 1. The number of nitrogens with two attached hydrogens (primary N) is 1. The fourth-order valence-corrected chi connectivity index (χ4v) is 3.88. The quantitative estimate of drug-likeness (QED) is 0.247. The van der Waals surface area contributed by atoms with Gasteiger partial charge in [-0.1, -0.05) is 44.2 Å². The van der Waals surface area contributed by atoms with E-state index in [2.05, 4.69) is 25.8 Å². The van der Waals surface area contributed by atoms with Gasteiger partial charge in [0.1, 0.15) is 17.1 Å². The summed E-state index contributed by atoms with van der Waals surface area (Å²) in [6.45, 7) is 4.45. The van der Waals surface area contributed by atoms with Gasteiger partial charge in [-0.05, 0) is 58.9 Å². The van der Waals surface area contributed by atoms with Crippen LogP contribution < -0.4 is 16.4 Å². The fraction of sp³-hybridized carbons (Fsp3) is 0.192. The minimum Gasteiger partial charge on any atom is -0.507 e. The zero-order valence-electron chi connectivity index (χ0n) is 19.2. The number of aryl methyl sites for hydroxylation is 2. The number of anilines is 3. The summed E-state index contributed by atoms with van der Waals surface area (Å²) in [7, 11) is 0. The highest BCUT2D eigenvalue weighted by Crippen LogP contribution is 2.29. The van der Waals surface area contributed by atoms with Crippen LogP contribution >= 0.6 is 0 Å². The Bertz CT molecular complexity index is 1260. The fourth-order valence-electron chi connectivity index (χ4n) is 3.88. The molecule has 34 heavy (non-hydrogen) atoms. The molecule has 0 aliphatic rings. The Morgan fingerprint density at radius 2 is 1.76 bits per heavy atom. The number of nitrogens with zero attached hydrogens (tertiary/aromatic N) is 2. The van der Waals surface area contributed by atoms with Gasteiger partial charge in [0.25, 0.3) is 5.91 Å². The molecule has 8 heteroatoms. The molecule has 0 saturated carbocycles. The molecule has 2 heterocycles. The number of aromatic nitrogens is 3. The van der Waals surface area contributed by atoms with E-state index in [1.54, 1.807) is 6.20 Å². The van der Waals surface area contributed by atoms with E-state index in [-0.39, 0.29) is 5.56 Å². The van der Waals surface area contributed by atoms with Crippen molar-refractivity contribution in [1.82, 2.24) is 15.2 Å². The predicted octanol–water partition coefficient (Wildman–Crippen LogP) is 4.76.